The molecule has 2 aromatic rings. The van der Waals surface area contributed by atoms with Crippen molar-refractivity contribution in [3.8, 4) is 5.75 Å². The molecule has 0 saturated carbocycles. The van der Waals surface area contributed by atoms with Gasteiger partial charge in [-0.1, -0.05) is 75.2 Å². The van der Waals surface area contributed by atoms with Crippen molar-refractivity contribution in [3.05, 3.63) is 75.3 Å². The number of rotatable bonds is 7. The van der Waals surface area contributed by atoms with Crippen LogP contribution in [-0.4, -0.2) is 23.8 Å². The first-order valence-electron chi connectivity index (χ1n) is 11.7. The second-order valence-electron chi connectivity index (χ2n) is 10.2. The van der Waals surface area contributed by atoms with Crippen LogP contribution in [0.2, 0.25) is 10.0 Å². The predicted octanol–water partition coefficient (Wildman–Crippen LogP) is 7.97. The molecule has 1 saturated heterocycles. The highest BCUT2D eigenvalue weighted by atomic mass is 35.5. The van der Waals surface area contributed by atoms with E-state index in [0.29, 0.717) is 15.8 Å². The molecule has 184 valence electrons. The minimum Gasteiger partial charge on any atom is -0.480 e. The molecule has 1 aliphatic heterocycles. The minimum absolute atomic E-state index is 0.00903. The maximum absolute atomic E-state index is 11.3. The van der Waals surface area contributed by atoms with Gasteiger partial charge in [0.1, 0.15) is 5.75 Å². The van der Waals surface area contributed by atoms with Crippen LogP contribution in [0.15, 0.2) is 48.6 Å². The summed E-state index contributed by atoms with van der Waals surface area (Å²) in [5.41, 5.74) is 3.78. The van der Waals surface area contributed by atoms with Gasteiger partial charge in [-0.3, -0.25) is 0 Å². The Labute approximate surface area is 212 Å². The Morgan fingerprint density at radius 2 is 1.94 bits per heavy atom. The molecule has 1 fully saturated rings. The van der Waals surface area contributed by atoms with Gasteiger partial charge in [0.2, 0.25) is 0 Å². The van der Waals surface area contributed by atoms with Gasteiger partial charge in [0.15, 0.2) is 6.61 Å². The Morgan fingerprint density at radius 3 is 2.50 bits per heavy atom. The summed E-state index contributed by atoms with van der Waals surface area (Å²) in [6.45, 7) is 14.3. The maximum atomic E-state index is 11.3. The van der Waals surface area contributed by atoms with E-state index < -0.39 is 12.6 Å². The molecule has 6 heteroatoms. The van der Waals surface area contributed by atoms with Crippen molar-refractivity contribution in [3.63, 3.8) is 0 Å². The van der Waals surface area contributed by atoms with Crippen molar-refractivity contribution in [1.29, 1.82) is 0 Å². The molecule has 0 unspecified atom stereocenters. The zero-order valence-electron chi connectivity index (χ0n) is 20.5. The summed E-state index contributed by atoms with van der Waals surface area (Å²) in [5.74, 6) is -0.545. The zero-order valence-corrected chi connectivity index (χ0v) is 22.0. The van der Waals surface area contributed by atoms with Crippen LogP contribution in [0.5, 0.6) is 5.75 Å². The first-order valence-corrected chi connectivity index (χ1v) is 12.4. The first-order chi connectivity index (χ1) is 15.9. The maximum Gasteiger partial charge on any atom is 0.341 e. The number of carboxylic acids is 1. The van der Waals surface area contributed by atoms with Crippen molar-refractivity contribution in [2.75, 3.05) is 6.61 Å². The molecule has 4 atom stereocenters. The van der Waals surface area contributed by atoms with E-state index in [9.17, 15) is 9.90 Å². The third-order valence-electron chi connectivity index (χ3n) is 6.54. The summed E-state index contributed by atoms with van der Waals surface area (Å²) < 4.78 is 12.5. The van der Waals surface area contributed by atoms with Gasteiger partial charge in [-0.2, -0.15) is 0 Å². The van der Waals surface area contributed by atoms with Crippen LogP contribution in [0.3, 0.4) is 0 Å². The fourth-order valence-electron chi connectivity index (χ4n) is 4.69. The molecule has 0 aliphatic carbocycles. The van der Waals surface area contributed by atoms with E-state index in [1.54, 1.807) is 0 Å². The van der Waals surface area contributed by atoms with Gasteiger partial charge in [-0.15, -0.1) is 0 Å². The van der Waals surface area contributed by atoms with E-state index in [1.165, 1.54) is 0 Å². The molecular formula is C28H34Cl2O4. The monoisotopic (exact) mass is 504 g/mol. The summed E-state index contributed by atoms with van der Waals surface area (Å²) in [5, 5.41) is 10.3. The first kappa shape index (κ1) is 26.6. The lowest BCUT2D eigenvalue weighted by Crippen LogP contribution is -2.36. The SMILES string of the molecule is C=C(C)[C@@H]1C[C@H](c2cccc(Cl)c2)[C@H](CC)O[C@@H]1c1cc(C(C)(C)C)cc(Cl)c1OCC(=O)O. The smallest absolute Gasteiger partial charge is 0.341 e. The van der Waals surface area contributed by atoms with Crippen LogP contribution < -0.4 is 4.74 Å². The van der Waals surface area contributed by atoms with Crippen LogP contribution in [0, 0.1) is 5.92 Å². The predicted molar refractivity (Wildman–Crippen MR) is 138 cm³/mol. The van der Waals surface area contributed by atoms with E-state index in [-0.39, 0.29) is 29.5 Å². The molecule has 1 heterocycles. The van der Waals surface area contributed by atoms with Crippen molar-refractivity contribution in [2.24, 2.45) is 5.92 Å². The van der Waals surface area contributed by atoms with Crippen LogP contribution >= 0.6 is 23.2 Å². The van der Waals surface area contributed by atoms with Crippen molar-refractivity contribution < 1.29 is 19.4 Å². The van der Waals surface area contributed by atoms with Crippen LogP contribution in [0.25, 0.3) is 0 Å². The Bertz CT molecular complexity index is 1060. The summed E-state index contributed by atoms with van der Waals surface area (Å²) >= 11 is 13.0. The van der Waals surface area contributed by atoms with E-state index >= 15 is 0 Å². The van der Waals surface area contributed by atoms with Gasteiger partial charge in [-0.05, 0) is 60.6 Å². The van der Waals surface area contributed by atoms with E-state index in [2.05, 4.69) is 46.4 Å². The second kappa shape index (κ2) is 10.7. The lowest BCUT2D eigenvalue weighted by Gasteiger charge is -2.43. The summed E-state index contributed by atoms with van der Waals surface area (Å²) in [6.07, 6.45) is 1.23. The highest BCUT2D eigenvalue weighted by Crippen LogP contribution is 2.50. The lowest BCUT2D eigenvalue weighted by molar-refractivity contribution is -0.139. The topological polar surface area (TPSA) is 55.8 Å². The van der Waals surface area contributed by atoms with E-state index in [0.717, 1.165) is 35.1 Å². The van der Waals surface area contributed by atoms with E-state index in [1.807, 2.05) is 31.2 Å². The van der Waals surface area contributed by atoms with Crippen LogP contribution in [0.4, 0.5) is 0 Å². The molecule has 2 aromatic carbocycles. The van der Waals surface area contributed by atoms with Gasteiger partial charge in [0.05, 0.1) is 17.2 Å². The Morgan fingerprint density at radius 1 is 1.24 bits per heavy atom. The molecule has 1 N–H and O–H groups in total. The second-order valence-corrected chi connectivity index (χ2v) is 11.0. The van der Waals surface area contributed by atoms with Gasteiger partial charge >= 0.3 is 5.97 Å². The molecule has 3 rings (SSSR count). The highest BCUT2D eigenvalue weighted by Gasteiger charge is 2.41. The van der Waals surface area contributed by atoms with E-state index in [4.69, 9.17) is 32.7 Å². The Balaban J connectivity index is 2.11. The number of aliphatic carboxylic acids is 1. The third-order valence-corrected chi connectivity index (χ3v) is 7.06. The number of benzene rings is 2. The summed E-state index contributed by atoms with van der Waals surface area (Å²) in [6, 6.07) is 11.9. The lowest BCUT2D eigenvalue weighted by atomic mass is 9.74. The van der Waals surface area contributed by atoms with Crippen molar-refractivity contribution in [2.45, 2.75) is 71.0 Å². The van der Waals surface area contributed by atoms with Crippen LogP contribution in [-0.2, 0) is 14.9 Å². The quantitative estimate of drug-likeness (QED) is 0.388. The van der Waals surface area contributed by atoms with Crippen LogP contribution in [0.1, 0.15) is 76.2 Å². The standard InChI is InChI=1S/C28H34Cl2O4/c1-7-24-21(17-9-8-10-19(29)11-17)14-20(16(2)3)26(34-24)22-12-18(28(4,5)6)13-23(30)27(22)33-15-25(31)32/h8-13,20-21,24,26H,2,7,14-15H2,1,3-6H3,(H,31,32)/t20-,21+,24-,26-/m0/s1. The van der Waals surface area contributed by atoms with Gasteiger partial charge < -0.3 is 14.6 Å². The Hall–Kier alpha value is -2.01. The average molecular weight is 505 g/mol. The molecule has 0 spiro atoms. The average Bonchev–Trinajstić information content (AvgIpc) is 2.76. The number of halogens is 2. The molecule has 1 aliphatic rings. The molecule has 0 aromatic heterocycles. The van der Waals surface area contributed by atoms with Crippen molar-refractivity contribution in [1.82, 2.24) is 0 Å². The summed E-state index contributed by atoms with van der Waals surface area (Å²) in [4.78, 5) is 11.3. The molecular weight excluding hydrogens is 471 g/mol. The number of ether oxygens (including phenoxy) is 2. The number of carboxylic acid groups (broad SMARTS) is 1. The zero-order chi connectivity index (χ0) is 25.2. The third kappa shape index (κ3) is 5.97. The van der Waals surface area contributed by atoms with Gasteiger partial charge in [0.25, 0.3) is 0 Å². The van der Waals surface area contributed by atoms with Crippen molar-refractivity contribution >= 4 is 29.2 Å². The molecule has 0 amide bonds. The minimum atomic E-state index is -1.06. The fraction of sp³-hybridized carbons (Fsp3) is 0.464. The highest BCUT2D eigenvalue weighted by molar-refractivity contribution is 6.32. The largest absolute Gasteiger partial charge is 0.480 e. The Kier molecular flexibility index (Phi) is 8.38. The molecule has 34 heavy (non-hydrogen) atoms. The number of hydrogen-bond donors (Lipinski definition) is 1. The van der Waals surface area contributed by atoms with Gasteiger partial charge in [0, 0.05) is 22.4 Å². The fourth-order valence-corrected chi connectivity index (χ4v) is 5.17. The normalized spacial score (nSPS) is 22.9. The number of carbonyl (C=O) groups is 1. The van der Waals surface area contributed by atoms with Gasteiger partial charge in [-0.25, -0.2) is 4.79 Å². The molecule has 4 nitrogen and oxygen atoms in total. The summed E-state index contributed by atoms with van der Waals surface area (Å²) in [7, 11) is 0. The number of hydrogen-bond acceptors (Lipinski definition) is 3. The molecule has 0 radical (unpaired) electrons. The molecule has 0 bridgehead atoms.